The first-order chi connectivity index (χ1) is 10.2. The molecule has 0 heterocycles. The van der Waals surface area contributed by atoms with Gasteiger partial charge in [0, 0.05) is 12.1 Å². The third-order valence-corrected chi connectivity index (χ3v) is 3.26. The van der Waals surface area contributed by atoms with Crippen molar-refractivity contribution in [2.75, 3.05) is 6.54 Å². The zero-order valence-corrected chi connectivity index (χ0v) is 11.7. The van der Waals surface area contributed by atoms with Crippen LogP contribution in [0.5, 0.6) is 11.5 Å². The molecule has 0 fully saturated rings. The summed E-state index contributed by atoms with van der Waals surface area (Å²) in [5.41, 5.74) is 1.38. The second-order valence-electron chi connectivity index (χ2n) is 4.89. The predicted molar refractivity (Wildman–Crippen MR) is 81.5 cm³/mol. The van der Waals surface area contributed by atoms with Crippen LogP contribution in [-0.2, 0) is 6.42 Å². The summed E-state index contributed by atoms with van der Waals surface area (Å²) in [5.74, 6) is 0.275. The van der Waals surface area contributed by atoms with Crippen LogP contribution in [0.3, 0.4) is 0 Å². The molecule has 0 aliphatic carbocycles. The van der Waals surface area contributed by atoms with E-state index >= 15 is 0 Å². The lowest BCUT2D eigenvalue weighted by Gasteiger charge is -2.07. The van der Waals surface area contributed by atoms with Crippen molar-refractivity contribution in [1.82, 2.24) is 5.32 Å². The van der Waals surface area contributed by atoms with Gasteiger partial charge in [0.05, 0.1) is 0 Å². The largest absolute Gasteiger partial charge is 0.508 e. The van der Waals surface area contributed by atoms with Crippen molar-refractivity contribution < 1.29 is 15.0 Å². The highest BCUT2D eigenvalue weighted by Gasteiger charge is 2.04. The number of phenols is 2. The van der Waals surface area contributed by atoms with E-state index in [9.17, 15) is 15.0 Å². The fourth-order valence-corrected chi connectivity index (χ4v) is 2.11. The smallest absolute Gasteiger partial charge is 0.251 e. The molecule has 4 nitrogen and oxygen atoms in total. The predicted octanol–water partition coefficient (Wildman–Crippen LogP) is 2.85. The molecule has 0 aliphatic rings. The Kier molecular flexibility index (Phi) is 5.21. The number of nitrogens with one attached hydrogen (secondary N) is 1. The van der Waals surface area contributed by atoms with Crippen LogP contribution in [0.15, 0.2) is 48.5 Å². The lowest BCUT2D eigenvalue weighted by Crippen LogP contribution is -2.24. The Morgan fingerprint density at radius 3 is 2.52 bits per heavy atom. The normalized spacial score (nSPS) is 10.3. The van der Waals surface area contributed by atoms with Gasteiger partial charge in [-0.3, -0.25) is 4.79 Å². The van der Waals surface area contributed by atoms with E-state index in [1.54, 1.807) is 18.2 Å². The van der Waals surface area contributed by atoms with Gasteiger partial charge in [-0.25, -0.2) is 0 Å². The molecule has 110 valence electrons. The van der Waals surface area contributed by atoms with Gasteiger partial charge in [-0.2, -0.15) is 0 Å². The summed E-state index contributed by atoms with van der Waals surface area (Å²) < 4.78 is 0. The highest BCUT2D eigenvalue weighted by Crippen LogP contribution is 2.23. The molecular formula is C17H19NO3. The monoisotopic (exact) mass is 285 g/mol. The van der Waals surface area contributed by atoms with E-state index in [1.165, 1.54) is 12.1 Å². The Bertz CT molecular complexity index is 596. The molecule has 0 aromatic heterocycles. The number of unbranched alkanes of at least 4 members (excludes halogenated alkanes) is 1. The molecule has 0 radical (unpaired) electrons. The van der Waals surface area contributed by atoms with Crippen molar-refractivity contribution >= 4 is 5.91 Å². The zero-order valence-electron chi connectivity index (χ0n) is 11.7. The Labute approximate surface area is 124 Å². The minimum absolute atomic E-state index is 0.0733. The van der Waals surface area contributed by atoms with Gasteiger partial charge in [0.15, 0.2) is 0 Å². The molecule has 1 amide bonds. The van der Waals surface area contributed by atoms with E-state index in [2.05, 4.69) is 5.32 Å². The van der Waals surface area contributed by atoms with Crippen LogP contribution in [0.2, 0.25) is 0 Å². The maximum absolute atomic E-state index is 11.8. The minimum Gasteiger partial charge on any atom is -0.508 e. The van der Waals surface area contributed by atoms with Gasteiger partial charge in [-0.05, 0) is 55.2 Å². The molecule has 21 heavy (non-hydrogen) atoms. The number of hydrogen-bond acceptors (Lipinski definition) is 3. The van der Waals surface area contributed by atoms with Crippen molar-refractivity contribution in [3.63, 3.8) is 0 Å². The molecular weight excluding hydrogens is 266 g/mol. The molecule has 2 rings (SSSR count). The van der Waals surface area contributed by atoms with Gasteiger partial charge in [0.2, 0.25) is 0 Å². The van der Waals surface area contributed by atoms with Crippen LogP contribution in [-0.4, -0.2) is 22.7 Å². The second kappa shape index (κ2) is 7.33. The number of carbonyl (C=O) groups is 1. The van der Waals surface area contributed by atoms with E-state index in [1.807, 2.05) is 18.2 Å². The first kappa shape index (κ1) is 14.9. The molecule has 0 saturated heterocycles. The number of carbonyl (C=O) groups excluding carboxylic acids is 1. The number of rotatable bonds is 6. The molecule has 0 spiro atoms. The number of phenolic OH excluding ortho intramolecular Hbond substituents is 2. The highest BCUT2D eigenvalue weighted by molar-refractivity contribution is 5.94. The van der Waals surface area contributed by atoms with E-state index in [0.717, 1.165) is 18.4 Å². The topological polar surface area (TPSA) is 69.6 Å². The average molecular weight is 285 g/mol. The summed E-state index contributed by atoms with van der Waals surface area (Å²) in [6.07, 6.45) is 2.31. The highest BCUT2D eigenvalue weighted by atomic mass is 16.3. The fourth-order valence-electron chi connectivity index (χ4n) is 2.11. The Balaban J connectivity index is 1.71. The van der Waals surface area contributed by atoms with Crippen molar-refractivity contribution in [1.29, 1.82) is 0 Å². The second-order valence-corrected chi connectivity index (χ2v) is 4.89. The van der Waals surface area contributed by atoms with Crippen LogP contribution in [0.1, 0.15) is 28.8 Å². The van der Waals surface area contributed by atoms with E-state index in [0.29, 0.717) is 18.5 Å². The van der Waals surface area contributed by atoms with Gasteiger partial charge in [0.25, 0.3) is 5.91 Å². The van der Waals surface area contributed by atoms with Gasteiger partial charge in [-0.1, -0.05) is 18.2 Å². The summed E-state index contributed by atoms with van der Waals surface area (Å²) in [6, 6.07) is 13.6. The van der Waals surface area contributed by atoms with Gasteiger partial charge in [0.1, 0.15) is 11.5 Å². The summed E-state index contributed by atoms with van der Waals surface area (Å²) in [7, 11) is 0. The number of aryl methyl sites for hydroxylation is 1. The Hall–Kier alpha value is -2.49. The van der Waals surface area contributed by atoms with Crippen LogP contribution in [0.25, 0.3) is 0 Å². The molecule has 0 saturated carbocycles. The Morgan fingerprint density at radius 2 is 1.76 bits per heavy atom. The maximum Gasteiger partial charge on any atom is 0.251 e. The third-order valence-electron chi connectivity index (χ3n) is 3.26. The first-order valence-electron chi connectivity index (χ1n) is 7.01. The number of amides is 1. The quantitative estimate of drug-likeness (QED) is 0.564. The molecule has 2 aromatic carbocycles. The lowest BCUT2D eigenvalue weighted by atomic mass is 10.1. The van der Waals surface area contributed by atoms with Crippen LogP contribution < -0.4 is 5.32 Å². The van der Waals surface area contributed by atoms with Crippen molar-refractivity contribution in [3.8, 4) is 11.5 Å². The van der Waals surface area contributed by atoms with E-state index < -0.39 is 0 Å². The van der Waals surface area contributed by atoms with Gasteiger partial charge >= 0.3 is 0 Å². The van der Waals surface area contributed by atoms with Crippen molar-refractivity contribution in [3.05, 3.63) is 59.7 Å². The van der Waals surface area contributed by atoms with E-state index in [-0.39, 0.29) is 17.4 Å². The van der Waals surface area contributed by atoms with Crippen molar-refractivity contribution in [2.24, 2.45) is 0 Å². The SMILES string of the molecule is O=C(NCCCCc1cc(O)ccc1O)c1ccccc1. The molecule has 2 aromatic rings. The number of benzene rings is 2. The molecule has 4 heteroatoms. The summed E-state index contributed by atoms with van der Waals surface area (Å²) in [5, 5.41) is 21.9. The molecule has 0 atom stereocenters. The standard InChI is InChI=1S/C17H19NO3/c19-15-9-10-16(20)14(12-15)8-4-5-11-18-17(21)13-6-2-1-3-7-13/h1-3,6-7,9-10,12,19-20H,4-5,8,11H2,(H,18,21). The van der Waals surface area contributed by atoms with Crippen LogP contribution in [0, 0.1) is 0 Å². The summed E-state index contributed by atoms with van der Waals surface area (Å²) in [6.45, 7) is 0.591. The fraction of sp³-hybridized carbons (Fsp3) is 0.235. The molecule has 0 aliphatic heterocycles. The Morgan fingerprint density at radius 1 is 1.00 bits per heavy atom. The molecule has 0 unspecified atom stereocenters. The third kappa shape index (κ3) is 4.53. The minimum atomic E-state index is -0.0733. The summed E-state index contributed by atoms with van der Waals surface area (Å²) in [4.78, 5) is 11.8. The van der Waals surface area contributed by atoms with E-state index in [4.69, 9.17) is 0 Å². The van der Waals surface area contributed by atoms with Crippen LogP contribution >= 0.6 is 0 Å². The maximum atomic E-state index is 11.8. The van der Waals surface area contributed by atoms with Gasteiger partial charge in [-0.15, -0.1) is 0 Å². The molecule has 3 N–H and O–H groups in total. The molecule has 0 bridgehead atoms. The first-order valence-corrected chi connectivity index (χ1v) is 7.01. The number of aromatic hydroxyl groups is 2. The van der Waals surface area contributed by atoms with Crippen molar-refractivity contribution in [2.45, 2.75) is 19.3 Å². The lowest BCUT2D eigenvalue weighted by molar-refractivity contribution is 0.0953. The van der Waals surface area contributed by atoms with Gasteiger partial charge < -0.3 is 15.5 Å². The summed E-state index contributed by atoms with van der Waals surface area (Å²) >= 11 is 0. The van der Waals surface area contributed by atoms with Crippen LogP contribution in [0.4, 0.5) is 0 Å². The number of hydrogen-bond donors (Lipinski definition) is 3. The zero-order chi connectivity index (χ0) is 15.1. The average Bonchev–Trinajstić information content (AvgIpc) is 2.51.